The van der Waals surface area contributed by atoms with Crippen molar-refractivity contribution in [3.63, 3.8) is 0 Å². The quantitative estimate of drug-likeness (QED) is 0.308. The van der Waals surface area contributed by atoms with Gasteiger partial charge in [-0.3, -0.25) is 4.79 Å². The van der Waals surface area contributed by atoms with Crippen molar-refractivity contribution in [2.24, 2.45) is 0 Å². The average molecular weight is 581 g/mol. The smallest absolute Gasteiger partial charge is 0.230 e. The minimum atomic E-state index is -0.338. The second kappa shape index (κ2) is 11.9. The van der Waals surface area contributed by atoms with Crippen molar-refractivity contribution in [2.75, 3.05) is 32.0 Å². The van der Waals surface area contributed by atoms with E-state index < -0.39 is 0 Å². The molecule has 3 aromatic carbocycles. The van der Waals surface area contributed by atoms with Crippen LogP contribution >= 0.6 is 23.2 Å². The van der Waals surface area contributed by atoms with E-state index in [9.17, 15) is 9.18 Å². The Morgan fingerprint density at radius 2 is 1.80 bits per heavy atom. The summed E-state index contributed by atoms with van der Waals surface area (Å²) in [5.74, 6) is -0.478. The van der Waals surface area contributed by atoms with E-state index in [1.807, 2.05) is 25.2 Å². The number of hydrogen-bond donors (Lipinski definition) is 1. The van der Waals surface area contributed by atoms with Crippen LogP contribution in [0.2, 0.25) is 10.0 Å². The van der Waals surface area contributed by atoms with E-state index in [0.717, 1.165) is 67.0 Å². The van der Waals surface area contributed by atoms with Gasteiger partial charge in [0, 0.05) is 30.4 Å². The standard InChI is InChI=1S/C33H36Cl2FN3O/c1-22-4-6-24(7-5-22)21-38(3)32(40)27(25-8-10-29(34)30(35)18-25)12-15-39-16-13-33(14-17-39)20-23(2)37-31-11-9-26(36)19-28(31)33/h4-11,18-19,27,37H,2,12-17,20-21H2,1,3H3. The molecule has 1 unspecified atom stereocenters. The maximum absolute atomic E-state index is 14.2. The Labute approximate surface area is 246 Å². The van der Waals surface area contributed by atoms with E-state index >= 15 is 0 Å². The van der Waals surface area contributed by atoms with Gasteiger partial charge in [-0.2, -0.15) is 0 Å². The molecule has 2 aliphatic rings. The molecule has 0 aliphatic carbocycles. The number of halogens is 3. The molecule has 0 bridgehead atoms. The molecule has 1 fully saturated rings. The SMILES string of the molecule is C=C1CC2(CCN(CCC(C(=O)N(C)Cc3ccc(C)cc3)c3ccc(Cl)c(Cl)c3)CC2)c2cc(F)ccc2N1. The van der Waals surface area contributed by atoms with Crippen molar-refractivity contribution in [3.8, 4) is 0 Å². The van der Waals surface area contributed by atoms with Crippen LogP contribution in [-0.4, -0.2) is 42.4 Å². The minimum absolute atomic E-state index is 0.0616. The Morgan fingerprint density at radius 3 is 2.50 bits per heavy atom. The van der Waals surface area contributed by atoms with Crippen LogP contribution in [0.15, 0.2) is 72.9 Å². The van der Waals surface area contributed by atoms with E-state index in [2.05, 4.69) is 48.0 Å². The van der Waals surface area contributed by atoms with E-state index in [4.69, 9.17) is 23.2 Å². The molecule has 0 aromatic heterocycles. The van der Waals surface area contributed by atoms with Crippen molar-refractivity contribution in [1.82, 2.24) is 9.80 Å². The lowest BCUT2D eigenvalue weighted by Gasteiger charge is -2.46. The van der Waals surface area contributed by atoms with Gasteiger partial charge in [0.15, 0.2) is 0 Å². The van der Waals surface area contributed by atoms with Gasteiger partial charge >= 0.3 is 0 Å². The maximum atomic E-state index is 14.2. The third kappa shape index (κ3) is 6.22. The summed E-state index contributed by atoms with van der Waals surface area (Å²) in [6.07, 6.45) is 3.32. The zero-order valence-electron chi connectivity index (χ0n) is 23.2. The summed E-state index contributed by atoms with van der Waals surface area (Å²) in [4.78, 5) is 18.0. The lowest BCUT2D eigenvalue weighted by molar-refractivity contribution is -0.132. The molecule has 1 saturated heterocycles. The van der Waals surface area contributed by atoms with Crippen molar-refractivity contribution in [2.45, 2.75) is 50.5 Å². The lowest BCUT2D eigenvalue weighted by atomic mass is 9.67. The Morgan fingerprint density at radius 1 is 1.07 bits per heavy atom. The summed E-state index contributed by atoms with van der Waals surface area (Å²) in [6.45, 7) is 9.33. The third-order valence-corrected chi connectivity index (χ3v) is 9.26. The molecular formula is C33H36Cl2FN3O. The van der Waals surface area contributed by atoms with Gasteiger partial charge < -0.3 is 15.1 Å². The first kappa shape index (κ1) is 28.7. The van der Waals surface area contributed by atoms with E-state index in [0.29, 0.717) is 23.0 Å². The summed E-state index contributed by atoms with van der Waals surface area (Å²) >= 11 is 12.6. The molecule has 2 aliphatic heterocycles. The van der Waals surface area contributed by atoms with Crippen LogP contribution in [0, 0.1) is 12.7 Å². The largest absolute Gasteiger partial charge is 0.359 e. The minimum Gasteiger partial charge on any atom is -0.359 e. The van der Waals surface area contributed by atoms with Crippen molar-refractivity contribution < 1.29 is 9.18 Å². The average Bonchev–Trinajstić information content (AvgIpc) is 2.93. The second-order valence-corrected chi connectivity index (χ2v) is 12.2. The zero-order valence-corrected chi connectivity index (χ0v) is 24.7. The van der Waals surface area contributed by atoms with Crippen LogP contribution < -0.4 is 5.32 Å². The first-order chi connectivity index (χ1) is 19.1. The summed E-state index contributed by atoms with van der Waals surface area (Å²) in [6, 6.07) is 18.8. The number of likely N-dealkylation sites (N-methyl/N-ethyl adjacent to an activating group) is 1. The first-order valence-corrected chi connectivity index (χ1v) is 14.6. The van der Waals surface area contributed by atoms with Crippen LogP contribution in [0.1, 0.15) is 53.9 Å². The van der Waals surface area contributed by atoms with Crippen molar-refractivity contribution in [3.05, 3.63) is 111 Å². The monoisotopic (exact) mass is 579 g/mol. The third-order valence-electron chi connectivity index (χ3n) is 8.52. The van der Waals surface area contributed by atoms with Crippen LogP contribution in [0.5, 0.6) is 0 Å². The fourth-order valence-electron chi connectivity index (χ4n) is 6.24. The van der Waals surface area contributed by atoms with Gasteiger partial charge in [0.25, 0.3) is 0 Å². The Bertz CT molecular complexity index is 1400. The second-order valence-electron chi connectivity index (χ2n) is 11.4. The topological polar surface area (TPSA) is 35.6 Å². The Hall–Kier alpha value is -2.86. The number of fused-ring (bicyclic) bond motifs is 2. The normalized spacial score (nSPS) is 17.3. The van der Waals surface area contributed by atoms with Gasteiger partial charge in [0.05, 0.1) is 16.0 Å². The molecule has 1 amide bonds. The molecule has 3 aromatic rings. The van der Waals surface area contributed by atoms with Gasteiger partial charge in [-0.15, -0.1) is 0 Å². The number of nitrogens with zero attached hydrogens (tertiary/aromatic N) is 2. The molecule has 0 radical (unpaired) electrons. The Balaban J connectivity index is 1.29. The highest BCUT2D eigenvalue weighted by Crippen LogP contribution is 2.47. The first-order valence-electron chi connectivity index (χ1n) is 13.9. The molecule has 1 atom stereocenters. The van der Waals surface area contributed by atoms with E-state index in [-0.39, 0.29) is 23.1 Å². The molecule has 40 heavy (non-hydrogen) atoms. The fourth-order valence-corrected chi connectivity index (χ4v) is 6.54. The number of rotatable bonds is 7. The molecular weight excluding hydrogens is 544 g/mol. The highest BCUT2D eigenvalue weighted by atomic mass is 35.5. The van der Waals surface area contributed by atoms with E-state index in [1.165, 1.54) is 11.6 Å². The Kier molecular flexibility index (Phi) is 8.55. The number of amides is 1. The molecule has 5 rings (SSSR count). The summed E-state index contributed by atoms with van der Waals surface area (Å²) in [5.41, 5.74) is 6.06. The molecule has 4 nitrogen and oxygen atoms in total. The van der Waals surface area contributed by atoms with Crippen LogP contribution in [0.25, 0.3) is 0 Å². The highest BCUT2D eigenvalue weighted by Gasteiger charge is 2.41. The van der Waals surface area contributed by atoms with Gasteiger partial charge in [0.2, 0.25) is 5.91 Å². The number of aryl methyl sites for hydroxylation is 1. The van der Waals surface area contributed by atoms with Gasteiger partial charge in [0.1, 0.15) is 5.82 Å². The van der Waals surface area contributed by atoms with Gasteiger partial charge in [-0.25, -0.2) is 4.39 Å². The molecule has 1 spiro atoms. The molecule has 7 heteroatoms. The molecule has 2 heterocycles. The van der Waals surface area contributed by atoms with E-state index in [1.54, 1.807) is 17.0 Å². The maximum Gasteiger partial charge on any atom is 0.230 e. The van der Waals surface area contributed by atoms with Crippen LogP contribution in [0.4, 0.5) is 10.1 Å². The predicted octanol–water partition coefficient (Wildman–Crippen LogP) is 7.94. The molecule has 210 valence electrons. The predicted molar refractivity (Wildman–Crippen MR) is 163 cm³/mol. The van der Waals surface area contributed by atoms with Gasteiger partial charge in [-0.05, 0) is 99.3 Å². The molecule has 0 saturated carbocycles. The van der Waals surface area contributed by atoms with Crippen molar-refractivity contribution in [1.29, 1.82) is 0 Å². The number of carbonyl (C=O) groups excluding carboxylic acids is 1. The highest BCUT2D eigenvalue weighted by molar-refractivity contribution is 6.42. The number of anilines is 1. The number of allylic oxidation sites excluding steroid dienone is 1. The van der Waals surface area contributed by atoms with Crippen molar-refractivity contribution >= 4 is 34.8 Å². The number of piperidine rings is 1. The number of hydrogen-bond acceptors (Lipinski definition) is 3. The number of benzene rings is 3. The number of nitrogens with one attached hydrogen (secondary N) is 1. The lowest BCUT2D eigenvalue weighted by Crippen LogP contribution is -2.45. The summed E-state index contributed by atoms with van der Waals surface area (Å²) < 4.78 is 14.2. The van der Waals surface area contributed by atoms with Gasteiger partial charge in [-0.1, -0.05) is 65.7 Å². The summed E-state index contributed by atoms with van der Waals surface area (Å²) in [5, 5.41) is 4.27. The number of carbonyl (C=O) groups is 1. The number of likely N-dealkylation sites (tertiary alicyclic amines) is 1. The zero-order chi connectivity index (χ0) is 28.4. The summed E-state index contributed by atoms with van der Waals surface area (Å²) in [7, 11) is 1.86. The fraction of sp³-hybridized carbons (Fsp3) is 0.364. The molecule has 1 N–H and O–H groups in total. The van der Waals surface area contributed by atoms with Crippen LogP contribution in [-0.2, 0) is 16.8 Å². The van der Waals surface area contributed by atoms with Crippen LogP contribution in [0.3, 0.4) is 0 Å².